The van der Waals surface area contributed by atoms with Crippen molar-refractivity contribution in [3.05, 3.63) is 65.2 Å². The van der Waals surface area contributed by atoms with Gasteiger partial charge >= 0.3 is 0 Å². The van der Waals surface area contributed by atoms with Crippen molar-refractivity contribution in [3.8, 4) is 5.75 Å². The molecule has 0 radical (unpaired) electrons. The van der Waals surface area contributed by atoms with Gasteiger partial charge in [-0.05, 0) is 43.0 Å². The van der Waals surface area contributed by atoms with Gasteiger partial charge < -0.3 is 15.4 Å². The maximum absolute atomic E-state index is 5.18. The van der Waals surface area contributed by atoms with Gasteiger partial charge in [0.15, 0.2) is 5.96 Å². The fourth-order valence-corrected chi connectivity index (χ4v) is 2.52. The van der Waals surface area contributed by atoms with E-state index in [0.29, 0.717) is 0 Å². The number of rotatable bonds is 7. The SMILES string of the molecule is CN=C(NCCCc1ccc(OC)cc1)NCc1cccc(C)c1.I. The van der Waals surface area contributed by atoms with Crippen LogP contribution in [0.3, 0.4) is 0 Å². The lowest BCUT2D eigenvalue weighted by Gasteiger charge is -2.12. The first-order valence-electron chi connectivity index (χ1n) is 8.34. The highest BCUT2D eigenvalue weighted by molar-refractivity contribution is 14.0. The van der Waals surface area contributed by atoms with Crippen molar-refractivity contribution in [2.24, 2.45) is 4.99 Å². The first kappa shape index (κ1) is 21.3. The molecule has 25 heavy (non-hydrogen) atoms. The standard InChI is InChI=1S/C20H27N3O.HI/c1-16-6-4-7-18(14-16)15-23-20(21-2)22-13-5-8-17-9-11-19(24-3)12-10-17;/h4,6-7,9-12,14H,5,8,13,15H2,1-3H3,(H2,21,22,23);1H. The van der Waals surface area contributed by atoms with Gasteiger partial charge in [-0.1, -0.05) is 42.0 Å². The van der Waals surface area contributed by atoms with Crippen LogP contribution in [-0.4, -0.2) is 26.7 Å². The largest absolute Gasteiger partial charge is 0.497 e. The lowest BCUT2D eigenvalue weighted by atomic mass is 10.1. The fourth-order valence-electron chi connectivity index (χ4n) is 2.52. The second kappa shape index (κ2) is 11.7. The topological polar surface area (TPSA) is 45.7 Å². The maximum Gasteiger partial charge on any atom is 0.191 e. The van der Waals surface area contributed by atoms with E-state index in [4.69, 9.17) is 4.74 Å². The van der Waals surface area contributed by atoms with E-state index in [9.17, 15) is 0 Å². The maximum atomic E-state index is 5.18. The van der Waals surface area contributed by atoms with Crippen molar-refractivity contribution in [2.45, 2.75) is 26.3 Å². The summed E-state index contributed by atoms with van der Waals surface area (Å²) in [6, 6.07) is 16.7. The minimum Gasteiger partial charge on any atom is -0.497 e. The monoisotopic (exact) mass is 453 g/mol. The summed E-state index contributed by atoms with van der Waals surface area (Å²) in [5.41, 5.74) is 3.85. The Morgan fingerprint density at radius 3 is 2.44 bits per heavy atom. The number of methoxy groups -OCH3 is 1. The Hall–Kier alpha value is -1.76. The minimum atomic E-state index is 0. The second-order valence-corrected chi connectivity index (χ2v) is 5.79. The Balaban J connectivity index is 0.00000312. The quantitative estimate of drug-likeness (QED) is 0.289. The number of aliphatic imine (C=N–C) groups is 1. The molecule has 2 aromatic carbocycles. The number of halogens is 1. The molecule has 0 aromatic heterocycles. The highest BCUT2D eigenvalue weighted by Crippen LogP contribution is 2.12. The number of hydrogen-bond acceptors (Lipinski definition) is 2. The summed E-state index contributed by atoms with van der Waals surface area (Å²) in [7, 11) is 3.49. The van der Waals surface area contributed by atoms with Gasteiger partial charge in [-0.2, -0.15) is 0 Å². The van der Waals surface area contributed by atoms with Crippen molar-refractivity contribution in [1.82, 2.24) is 10.6 Å². The first-order chi connectivity index (χ1) is 11.7. The van der Waals surface area contributed by atoms with Crippen molar-refractivity contribution in [3.63, 3.8) is 0 Å². The molecule has 2 rings (SSSR count). The van der Waals surface area contributed by atoms with Crippen LogP contribution in [0, 0.1) is 6.92 Å². The van der Waals surface area contributed by atoms with E-state index in [-0.39, 0.29) is 24.0 Å². The molecule has 0 aliphatic heterocycles. The van der Waals surface area contributed by atoms with Crippen LogP contribution in [0.4, 0.5) is 0 Å². The summed E-state index contributed by atoms with van der Waals surface area (Å²) in [6.07, 6.45) is 2.09. The van der Waals surface area contributed by atoms with Crippen LogP contribution >= 0.6 is 24.0 Å². The lowest BCUT2D eigenvalue weighted by Crippen LogP contribution is -2.37. The molecule has 2 aromatic rings. The Morgan fingerprint density at radius 2 is 1.80 bits per heavy atom. The lowest BCUT2D eigenvalue weighted by molar-refractivity contribution is 0.414. The van der Waals surface area contributed by atoms with Crippen LogP contribution in [0.5, 0.6) is 5.75 Å². The molecule has 2 N–H and O–H groups in total. The highest BCUT2D eigenvalue weighted by atomic mass is 127. The summed E-state index contributed by atoms with van der Waals surface area (Å²) in [5.74, 6) is 1.74. The number of guanidine groups is 1. The number of aryl methyl sites for hydroxylation is 2. The van der Waals surface area contributed by atoms with Gasteiger partial charge in [-0.25, -0.2) is 0 Å². The Morgan fingerprint density at radius 1 is 1.04 bits per heavy atom. The predicted molar refractivity (Wildman–Crippen MR) is 116 cm³/mol. The smallest absolute Gasteiger partial charge is 0.191 e. The minimum absolute atomic E-state index is 0. The Labute approximate surface area is 168 Å². The molecule has 136 valence electrons. The first-order valence-corrected chi connectivity index (χ1v) is 8.34. The zero-order valence-electron chi connectivity index (χ0n) is 15.2. The molecule has 0 unspecified atom stereocenters. The van der Waals surface area contributed by atoms with Crippen LogP contribution < -0.4 is 15.4 Å². The molecule has 0 amide bonds. The van der Waals surface area contributed by atoms with Crippen molar-refractivity contribution in [1.29, 1.82) is 0 Å². The number of hydrogen-bond donors (Lipinski definition) is 2. The van der Waals surface area contributed by atoms with E-state index in [1.807, 2.05) is 12.1 Å². The fraction of sp³-hybridized carbons (Fsp3) is 0.350. The summed E-state index contributed by atoms with van der Waals surface area (Å²) in [5, 5.41) is 6.71. The molecule has 5 heteroatoms. The molecule has 0 saturated carbocycles. The van der Waals surface area contributed by atoms with Gasteiger partial charge in [-0.3, -0.25) is 4.99 Å². The normalized spacial score (nSPS) is 10.8. The summed E-state index contributed by atoms with van der Waals surface area (Å²) in [4.78, 5) is 4.27. The molecule has 0 heterocycles. The van der Waals surface area contributed by atoms with Gasteiger partial charge in [0, 0.05) is 20.1 Å². The number of benzene rings is 2. The van der Waals surface area contributed by atoms with Crippen LogP contribution in [0.15, 0.2) is 53.5 Å². The molecule has 0 saturated heterocycles. The van der Waals surface area contributed by atoms with Crippen molar-refractivity contribution in [2.75, 3.05) is 20.7 Å². The summed E-state index contributed by atoms with van der Waals surface area (Å²) < 4.78 is 5.18. The van der Waals surface area contributed by atoms with Crippen LogP contribution in [0.2, 0.25) is 0 Å². The molecule has 0 aliphatic carbocycles. The van der Waals surface area contributed by atoms with Gasteiger partial charge in [-0.15, -0.1) is 24.0 Å². The van der Waals surface area contributed by atoms with Gasteiger partial charge in [0.1, 0.15) is 5.75 Å². The van der Waals surface area contributed by atoms with E-state index < -0.39 is 0 Å². The third-order valence-electron chi connectivity index (χ3n) is 3.86. The van der Waals surface area contributed by atoms with Crippen LogP contribution in [-0.2, 0) is 13.0 Å². The van der Waals surface area contributed by atoms with Gasteiger partial charge in [0.25, 0.3) is 0 Å². The molecular weight excluding hydrogens is 425 g/mol. The average molecular weight is 453 g/mol. The third kappa shape index (κ3) is 7.77. The van der Waals surface area contributed by atoms with E-state index in [2.05, 4.69) is 58.9 Å². The second-order valence-electron chi connectivity index (χ2n) is 5.79. The molecule has 0 fully saturated rings. The average Bonchev–Trinajstić information content (AvgIpc) is 2.61. The summed E-state index contributed by atoms with van der Waals surface area (Å²) in [6.45, 7) is 3.77. The molecule has 4 nitrogen and oxygen atoms in total. The van der Waals surface area contributed by atoms with Crippen molar-refractivity contribution < 1.29 is 4.74 Å². The van der Waals surface area contributed by atoms with Gasteiger partial charge in [0.2, 0.25) is 0 Å². The van der Waals surface area contributed by atoms with E-state index in [1.165, 1.54) is 16.7 Å². The molecule has 0 atom stereocenters. The number of nitrogens with one attached hydrogen (secondary N) is 2. The van der Waals surface area contributed by atoms with Crippen LogP contribution in [0.1, 0.15) is 23.1 Å². The van der Waals surface area contributed by atoms with E-state index in [1.54, 1.807) is 14.2 Å². The zero-order chi connectivity index (χ0) is 17.2. The molecule has 0 spiro atoms. The number of nitrogens with zero attached hydrogens (tertiary/aromatic N) is 1. The number of ether oxygens (including phenoxy) is 1. The summed E-state index contributed by atoms with van der Waals surface area (Å²) >= 11 is 0. The van der Waals surface area contributed by atoms with Gasteiger partial charge in [0.05, 0.1) is 7.11 Å². The van der Waals surface area contributed by atoms with Crippen LogP contribution in [0.25, 0.3) is 0 Å². The molecule has 0 bridgehead atoms. The third-order valence-corrected chi connectivity index (χ3v) is 3.86. The van der Waals surface area contributed by atoms with E-state index >= 15 is 0 Å². The molecule has 0 aliphatic rings. The highest BCUT2D eigenvalue weighted by Gasteiger charge is 1.99. The Kier molecular flexibility index (Phi) is 9.99. The van der Waals surface area contributed by atoms with Crippen molar-refractivity contribution >= 4 is 29.9 Å². The zero-order valence-corrected chi connectivity index (χ0v) is 17.5. The predicted octanol–water partition coefficient (Wildman–Crippen LogP) is 3.92. The van der Waals surface area contributed by atoms with E-state index in [0.717, 1.165) is 37.6 Å². The Bertz CT molecular complexity index is 656. The molecular formula is C20H28IN3O.